The molecule has 0 atom stereocenters. The molecule has 0 aliphatic heterocycles. The average molecular weight is 187 g/mol. The molecule has 0 rings (SSSR count). The topological polar surface area (TPSA) is 106 Å². The molecule has 0 aromatic carbocycles. The van der Waals surface area contributed by atoms with E-state index < -0.39 is 5.41 Å². The van der Waals surface area contributed by atoms with E-state index in [4.69, 9.17) is 11.6 Å². The van der Waals surface area contributed by atoms with Crippen molar-refractivity contribution >= 4 is 11.9 Å². The average Bonchev–Trinajstić information content (AvgIpc) is 2.06. The summed E-state index contributed by atoms with van der Waals surface area (Å²) in [5, 5.41) is 2.85. The molecule has 0 unspecified atom stereocenters. The Balaban J connectivity index is 4.08. The van der Waals surface area contributed by atoms with Gasteiger partial charge in [0.1, 0.15) is 0 Å². The number of carbonyl (C=O) groups is 1. The fourth-order valence-electron chi connectivity index (χ4n) is 0.586. The van der Waals surface area contributed by atoms with Gasteiger partial charge in [-0.3, -0.25) is 15.2 Å². The number of guanidine groups is 1. The van der Waals surface area contributed by atoms with Gasteiger partial charge in [0, 0.05) is 13.6 Å². The fourth-order valence-corrected chi connectivity index (χ4v) is 0.586. The minimum atomic E-state index is -0.618. The number of carbonyl (C=O) groups excluding carboxylic acids is 1. The third kappa shape index (κ3) is 3.75. The van der Waals surface area contributed by atoms with Crippen LogP contribution in [0.2, 0.25) is 0 Å². The van der Waals surface area contributed by atoms with E-state index in [9.17, 15) is 4.79 Å². The first-order chi connectivity index (χ1) is 5.94. The Hall–Kier alpha value is -1.30. The van der Waals surface area contributed by atoms with Gasteiger partial charge in [0.05, 0.1) is 5.41 Å². The van der Waals surface area contributed by atoms with Crippen LogP contribution in [-0.4, -0.2) is 25.5 Å². The van der Waals surface area contributed by atoms with Gasteiger partial charge in [-0.25, -0.2) is 5.84 Å². The summed E-state index contributed by atoms with van der Waals surface area (Å²) in [5.41, 5.74) is 6.90. The van der Waals surface area contributed by atoms with Crippen molar-refractivity contribution in [3.63, 3.8) is 0 Å². The fraction of sp³-hybridized carbons (Fsp3) is 0.714. The molecule has 0 saturated heterocycles. The molecule has 1 amide bonds. The Bertz CT molecular complexity index is 211. The van der Waals surface area contributed by atoms with Crippen molar-refractivity contribution in [2.75, 3.05) is 13.6 Å². The Labute approximate surface area is 77.7 Å². The zero-order valence-corrected chi connectivity index (χ0v) is 8.22. The lowest BCUT2D eigenvalue weighted by Gasteiger charge is -2.21. The zero-order chi connectivity index (χ0) is 10.5. The smallest absolute Gasteiger partial charge is 0.224 e. The first kappa shape index (κ1) is 11.7. The van der Waals surface area contributed by atoms with E-state index in [2.05, 4.69) is 15.7 Å². The van der Waals surface area contributed by atoms with Gasteiger partial charge in [-0.1, -0.05) is 0 Å². The molecule has 0 radical (unpaired) electrons. The van der Waals surface area contributed by atoms with Gasteiger partial charge in [0.15, 0.2) is 0 Å². The third-order valence-corrected chi connectivity index (χ3v) is 1.73. The lowest BCUT2D eigenvalue weighted by molar-refractivity contribution is -0.125. The van der Waals surface area contributed by atoms with Crippen molar-refractivity contribution in [2.24, 2.45) is 22.0 Å². The number of nitrogens with one attached hydrogen (secondary N) is 2. The first-order valence-electron chi connectivity index (χ1n) is 3.91. The highest BCUT2D eigenvalue weighted by molar-refractivity contribution is 5.82. The Kier molecular flexibility index (Phi) is 4.19. The predicted octanol–water partition coefficient (Wildman–Crippen LogP) is -1.46. The van der Waals surface area contributed by atoms with Crippen LogP contribution in [0.5, 0.6) is 0 Å². The molecule has 6 heteroatoms. The largest absolute Gasteiger partial charge is 0.369 e. The molecule has 0 fully saturated rings. The van der Waals surface area contributed by atoms with Crippen molar-refractivity contribution in [3.8, 4) is 0 Å². The normalized spacial score (nSPS) is 12.5. The molecule has 0 aliphatic rings. The summed E-state index contributed by atoms with van der Waals surface area (Å²) in [7, 11) is 1.58. The Morgan fingerprint density at radius 3 is 2.38 bits per heavy atom. The lowest BCUT2D eigenvalue weighted by atomic mass is 9.93. The van der Waals surface area contributed by atoms with Crippen molar-refractivity contribution < 1.29 is 4.79 Å². The van der Waals surface area contributed by atoms with E-state index >= 15 is 0 Å². The molecule has 6 N–H and O–H groups in total. The molecule has 13 heavy (non-hydrogen) atoms. The number of hydrogen-bond donors (Lipinski definition) is 4. The highest BCUT2D eigenvalue weighted by atomic mass is 16.1. The molecule has 0 aromatic rings. The molecule has 0 aromatic heterocycles. The van der Waals surface area contributed by atoms with Gasteiger partial charge in [0.2, 0.25) is 11.9 Å². The number of nitrogens with zero attached hydrogens (tertiary/aromatic N) is 1. The molecule has 0 bridgehead atoms. The van der Waals surface area contributed by atoms with Crippen LogP contribution >= 0.6 is 0 Å². The molecule has 6 nitrogen and oxygen atoms in total. The maximum Gasteiger partial charge on any atom is 0.224 e. The Morgan fingerprint density at radius 1 is 1.54 bits per heavy atom. The van der Waals surface area contributed by atoms with E-state index in [0.717, 1.165) is 0 Å². The van der Waals surface area contributed by atoms with Crippen LogP contribution in [0.15, 0.2) is 4.99 Å². The van der Waals surface area contributed by atoms with Crippen LogP contribution in [0.3, 0.4) is 0 Å². The summed E-state index contributed by atoms with van der Waals surface area (Å²) < 4.78 is 0. The Morgan fingerprint density at radius 2 is 2.08 bits per heavy atom. The molecule has 0 saturated carbocycles. The second-order valence-electron chi connectivity index (χ2n) is 3.32. The van der Waals surface area contributed by atoms with Gasteiger partial charge in [-0.05, 0) is 13.8 Å². The van der Waals surface area contributed by atoms with Crippen molar-refractivity contribution in [3.05, 3.63) is 0 Å². The summed E-state index contributed by atoms with van der Waals surface area (Å²) in [4.78, 5) is 14.7. The minimum absolute atomic E-state index is 0.368. The highest BCUT2D eigenvalue weighted by Crippen LogP contribution is 2.11. The standard InChI is InChI=1S/C7H17N5O/c1-7(2,5(8)13)4-11-6(10-3)12-9/h4,9H2,1-3H3,(H2,8,13)(H2,10,11,12). The van der Waals surface area contributed by atoms with Gasteiger partial charge < -0.3 is 11.1 Å². The summed E-state index contributed by atoms with van der Waals surface area (Å²) in [6.07, 6.45) is 0. The van der Waals surface area contributed by atoms with Crippen LogP contribution < -0.4 is 22.3 Å². The van der Waals surface area contributed by atoms with Crippen molar-refractivity contribution in [2.45, 2.75) is 13.8 Å². The second-order valence-corrected chi connectivity index (χ2v) is 3.32. The number of hydrazine groups is 1. The summed E-state index contributed by atoms with van der Waals surface area (Å²) in [5.74, 6) is 5.19. The maximum atomic E-state index is 10.9. The second kappa shape index (κ2) is 4.66. The molecular formula is C7H17N5O. The van der Waals surface area contributed by atoms with Crippen LogP contribution in [0, 0.1) is 5.41 Å². The first-order valence-corrected chi connectivity index (χ1v) is 3.91. The predicted molar refractivity (Wildman–Crippen MR) is 51.7 cm³/mol. The minimum Gasteiger partial charge on any atom is -0.369 e. The van der Waals surface area contributed by atoms with E-state index in [-0.39, 0.29) is 5.91 Å². The van der Waals surface area contributed by atoms with Gasteiger partial charge in [-0.15, -0.1) is 0 Å². The monoisotopic (exact) mass is 187 g/mol. The lowest BCUT2D eigenvalue weighted by Crippen LogP contribution is -2.48. The van der Waals surface area contributed by atoms with E-state index in [0.29, 0.717) is 12.5 Å². The summed E-state index contributed by atoms with van der Waals surface area (Å²) in [6, 6.07) is 0. The van der Waals surface area contributed by atoms with E-state index in [1.807, 2.05) is 0 Å². The van der Waals surface area contributed by atoms with Crippen molar-refractivity contribution in [1.82, 2.24) is 10.7 Å². The molecular weight excluding hydrogens is 170 g/mol. The number of hydrogen-bond acceptors (Lipinski definition) is 3. The summed E-state index contributed by atoms with van der Waals surface area (Å²) in [6.45, 7) is 3.87. The van der Waals surface area contributed by atoms with Crippen LogP contribution in [0.1, 0.15) is 13.8 Å². The van der Waals surface area contributed by atoms with Crippen LogP contribution in [0.25, 0.3) is 0 Å². The maximum absolute atomic E-state index is 10.9. The zero-order valence-electron chi connectivity index (χ0n) is 8.22. The number of nitrogens with two attached hydrogens (primary N) is 2. The van der Waals surface area contributed by atoms with E-state index in [1.165, 1.54) is 0 Å². The molecule has 0 heterocycles. The van der Waals surface area contributed by atoms with Crippen LogP contribution in [-0.2, 0) is 4.79 Å². The number of amides is 1. The molecule has 76 valence electrons. The number of aliphatic imine (C=N–C) groups is 1. The highest BCUT2D eigenvalue weighted by Gasteiger charge is 2.24. The molecule has 0 spiro atoms. The van der Waals surface area contributed by atoms with Gasteiger partial charge in [0.25, 0.3) is 0 Å². The third-order valence-electron chi connectivity index (χ3n) is 1.73. The number of rotatable bonds is 3. The van der Waals surface area contributed by atoms with E-state index in [1.54, 1.807) is 20.9 Å². The van der Waals surface area contributed by atoms with Gasteiger partial charge >= 0.3 is 0 Å². The molecule has 0 aliphatic carbocycles. The van der Waals surface area contributed by atoms with Crippen molar-refractivity contribution in [1.29, 1.82) is 0 Å². The van der Waals surface area contributed by atoms with Crippen LogP contribution in [0.4, 0.5) is 0 Å². The van der Waals surface area contributed by atoms with Gasteiger partial charge in [-0.2, -0.15) is 0 Å². The number of primary amides is 1. The quantitative estimate of drug-likeness (QED) is 0.187. The SMILES string of the molecule is CN=C(NN)NCC(C)(C)C(N)=O. The summed E-state index contributed by atoms with van der Waals surface area (Å²) >= 11 is 0.